The highest BCUT2D eigenvalue weighted by Crippen LogP contribution is 2.17. The van der Waals surface area contributed by atoms with Gasteiger partial charge in [-0.05, 0) is 0 Å². The van der Waals surface area contributed by atoms with Crippen molar-refractivity contribution in [3.8, 4) is 0 Å². The quantitative estimate of drug-likeness (QED) is 0.305. The van der Waals surface area contributed by atoms with Crippen molar-refractivity contribution in [3.63, 3.8) is 0 Å². The van der Waals surface area contributed by atoms with Crippen LogP contribution in [0.3, 0.4) is 0 Å². The molecular formula is C18H28N2O10. The Morgan fingerprint density at radius 2 is 1.17 bits per heavy atom. The van der Waals surface area contributed by atoms with Gasteiger partial charge in [-0.1, -0.05) is 0 Å². The Kier molecular flexibility index (Phi) is 11.7. The van der Waals surface area contributed by atoms with Crippen LogP contribution in [-0.2, 0) is 47.7 Å². The number of amides is 2. The fourth-order valence-corrected chi connectivity index (χ4v) is 2.50. The molecule has 12 nitrogen and oxygen atoms in total. The Morgan fingerprint density at radius 1 is 0.667 bits per heavy atom. The molecule has 12 heteroatoms. The number of rotatable bonds is 11. The standard InChI is InChI=1S/C18H28N2O10/c1-9(21)19-7-15(28-12(4)24)18(30-14(6)26)17(20-10(2)22)16(29-13(5)25)8-27-11(3)23/h15-18H,7-8H2,1-6H3,(H,19,21)(H,20,22)/t15-,16+,17-,18+/m0/s1. The summed E-state index contributed by atoms with van der Waals surface area (Å²) in [6, 6.07) is -1.28. The molecule has 0 fully saturated rings. The monoisotopic (exact) mass is 432 g/mol. The number of hydrogen-bond donors (Lipinski definition) is 2. The number of nitrogens with one attached hydrogen (secondary N) is 2. The van der Waals surface area contributed by atoms with Gasteiger partial charge < -0.3 is 29.6 Å². The number of esters is 4. The number of carbonyl (C=O) groups is 6. The van der Waals surface area contributed by atoms with Crippen LogP contribution in [0, 0.1) is 0 Å². The molecule has 2 N–H and O–H groups in total. The van der Waals surface area contributed by atoms with Gasteiger partial charge in [0.05, 0.1) is 6.54 Å². The van der Waals surface area contributed by atoms with Crippen LogP contribution < -0.4 is 10.6 Å². The van der Waals surface area contributed by atoms with Gasteiger partial charge in [0.25, 0.3) is 0 Å². The highest BCUT2D eigenvalue weighted by molar-refractivity contribution is 5.74. The zero-order valence-electron chi connectivity index (χ0n) is 17.8. The average Bonchev–Trinajstić information content (AvgIpc) is 2.57. The molecule has 0 aliphatic rings. The molecule has 0 spiro atoms. The van der Waals surface area contributed by atoms with E-state index in [2.05, 4.69) is 10.6 Å². The minimum Gasteiger partial charge on any atom is -0.462 e. The predicted molar refractivity (Wildman–Crippen MR) is 99.6 cm³/mol. The summed E-state index contributed by atoms with van der Waals surface area (Å²) in [5.74, 6) is -4.07. The van der Waals surface area contributed by atoms with Crippen molar-refractivity contribution >= 4 is 35.7 Å². The lowest BCUT2D eigenvalue weighted by atomic mass is 9.98. The molecule has 0 aromatic carbocycles. The lowest BCUT2D eigenvalue weighted by Crippen LogP contribution is -2.60. The Balaban J connectivity index is 6.19. The van der Waals surface area contributed by atoms with Gasteiger partial charge in [0, 0.05) is 41.5 Å². The topological polar surface area (TPSA) is 163 Å². The summed E-state index contributed by atoms with van der Waals surface area (Å²) in [6.07, 6.45) is -3.96. The highest BCUT2D eigenvalue weighted by Gasteiger charge is 2.42. The fraction of sp³-hybridized carbons (Fsp3) is 0.667. The molecular weight excluding hydrogens is 404 g/mol. The van der Waals surface area contributed by atoms with Crippen molar-refractivity contribution in [2.45, 2.75) is 65.9 Å². The van der Waals surface area contributed by atoms with E-state index < -0.39 is 66.7 Å². The van der Waals surface area contributed by atoms with E-state index in [1.165, 1.54) is 6.92 Å². The smallest absolute Gasteiger partial charge is 0.303 e. The first-order valence-corrected chi connectivity index (χ1v) is 9.00. The molecule has 0 aliphatic carbocycles. The third-order valence-corrected chi connectivity index (χ3v) is 3.43. The zero-order valence-corrected chi connectivity index (χ0v) is 17.8. The predicted octanol–water partition coefficient (Wildman–Crippen LogP) is -1.01. The largest absolute Gasteiger partial charge is 0.462 e. The molecule has 0 aromatic rings. The minimum absolute atomic E-state index is 0.275. The number of ether oxygens (including phenoxy) is 4. The van der Waals surface area contributed by atoms with Gasteiger partial charge >= 0.3 is 23.9 Å². The summed E-state index contributed by atoms with van der Waals surface area (Å²) in [5.41, 5.74) is 0. The van der Waals surface area contributed by atoms with Crippen molar-refractivity contribution in [3.05, 3.63) is 0 Å². The molecule has 170 valence electrons. The van der Waals surface area contributed by atoms with Gasteiger partial charge in [0.2, 0.25) is 11.8 Å². The Hall–Kier alpha value is -3.18. The molecule has 0 aromatic heterocycles. The Bertz CT molecular complexity index is 607. The molecule has 4 atom stereocenters. The van der Waals surface area contributed by atoms with Crippen LogP contribution in [-0.4, -0.2) is 73.2 Å². The van der Waals surface area contributed by atoms with Crippen molar-refractivity contribution in [2.24, 2.45) is 0 Å². The first-order chi connectivity index (χ1) is 13.8. The van der Waals surface area contributed by atoms with Crippen LogP contribution in [0.25, 0.3) is 0 Å². The van der Waals surface area contributed by atoms with Gasteiger partial charge in [-0.2, -0.15) is 0 Å². The third kappa shape index (κ3) is 11.6. The fourth-order valence-electron chi connectivity index (χ4n) is 2.50. The van der Waals surface area contributed by atoms with Gasteiger partial charge in [-0.15, -0.1) is 0 Å². The van der Waals surface area contributed by atoms with Crippen molar-refractivity contribution in [1.29, 1.82) is 0 Å². The molecule has 0 unspecified atom stereocenters. The van der Waals surface area contributed by atoms with E-state index in [-0.39, 0.29) is 6.54 Å². The van der Waals surface area contributed by atoms with Crippen LogP contribution in [0.15, 0.2) is 0 Å². The Morgan fingerprint density at radius 3 is 1.57 bits per heavy atom. The van der Waals surface area contributed by atoms with E-state index in [1.54, 1.807) is 0 Å². The lowest BCUT2D eigenvalue weighted by molar-refractivity contribution is -0.177. The molecule has 30 heavy (non-hydrogen) atoms. The maximum atomic E-state index is 11.8. The van der Waals surface area contributed by atoms with E-state index in [4.69, 9.17) is 18.9 Å². The van der Waals surface area contributed by atoms with Crippen LogP contribution in [0.5, 0.6) is 0 Å². The van der Waals surface area contributed by atoms with Gasteiger partial charge in [-0.3, -0.25) is 28.8 Å². The third-order valence-electron chi connectivity index (χ3n) is 3.43. The van der Waals surface area contributed by atoms with Crippen molar-refractivity contribution < 1.29 is 47.7 Å². The molecule has 0 radical (unpaired) electrons. The van der Waals surface area contributed by atoms with Crippen LogP contribution in [0.4, 0.5) is 0 Å². The molecule has 0 aliphatic heterocycles. The van der Waals surface area contributed by atoms with E-state index in [9.17, 15) is 28.8 Å². The zero-order chi connectivity index (χ0) is 23.4. The van der Waals surface area contributed by atoms with E-state index in [0.29, 0.717) is 0 Å². The molecule has 2 amide bonds. The second-order valence-electron chi connectivity index (χ2n) is 6.34. The lowest BCUT2D eigenvalue weighted by Gasteiger charge is -2.36. The van der Waals surface area contributed by atoms with Crippen LogP contribution in [0.2, 0.25) is 0 Å². The highest BCUT2D eigenvalue weighted by atomic mass is 16.6. The molecule has 0 heterocycles. The van der Waals surface area contributed by atoms with Gasteiger partial charge in [0.15, 0.2) is 18.3 Å². The second kappa shape index (κ2) is 13.1. The number of hydrogen-bond acceptors (Lipinski definition) is 10. The molecule has 0 bridgehead atoms. The average molecular weight is 432 g/mol. The summed E-state index contributed by atoms with van der Waals surface area (Å²) in [4.78, 5) is 69.2. The van der Waals surface area contributed by atoms with Crippen molar-refractivity contribution in [1.82, 2.24) is 10.6 Å². The molecule has 0 saturated carbocycles. The first kappa shape index (κ1) is 26.8. The summed E-state index contributed by atoms with van der Waals surface area (Å²) < 4.78 is 20.5. The minimum atomic E-state index is -1.40. The summed E-state index contributed by atoms with van der Waals surface area (Å²) in [6.45, 7) is 6.01. The summed E-state index contributed by atoms with van der Waals surface area (Å²) in [5, 5.41) is 4.90. The van der Waals surface area contributed by atoms with Gasteiger partial charge in [-0.25, -0.2) is 0 Å². The van der Waals surface area contributed by atoms with Crippen LogP contribution >= 0.6 is 0 Å². The second-order valence-corrected chi connectivity index (χ2v) is 6.34. The summed E-state index contributed by atoms with van der Waals surface area (Å²) in [7, 11) is 0. The normalized spacial score (nSPS) is 14.2. The van der Waals surface area contributed by atoms with Crippen molar-refractivity contribution in [2.75, 3.05) is 13.2 Å². The van der Waals surface area contributed by atoms with E-state index in [0.717, 1.165) is 34.6 Å². The maximum Gasteiger partial charge on any atom is 0.303 e. The first-order valence-electron chi connectivity index (χ1n) is 9.00. The Labute approximate surface area is 173 Å². The SMILES string of the molecule is CC(=O)NC[C@H](OC(C)=O)[C@@H](OC(C)=O)[C@@H](NC(C)=O)[C@@H](COC(C)=O)OC(C)=O. The molecule has 0 saturated heterocycles. The van der Waals surface area contributed by atoms with E-state index in [1.807, 2.05) is 0 Å². The number of carbonyl (C=O) groups excluding carboxylic acids is 6. The summed E-state index contributed by atoms with van der Waals surface area (Å²) >= 11 is 0. The molecule has 0 rings (SSSR count). The van der Waals surface area contributed by atoms with E-state index >= 15 is 0 Å². The maximum absolute atomic E-state index is 11.8. The van der Waals surface area contributed by atoms with Gasteiger partial charge in [0.1, 0.15) is 12.6 Å². The van der Waals surface area contributed by atoms with Crippen LogP contribution in [0.1, 0.15) is 41.5 Å².